The van der Waals surface area contributed by atoms with Gasteiger partial charge in [-0.25, -0.2) is 21.1 Å². The van der Waals surface area contributed by atoms with Crippen molar-refractivity contribution in [2.24, 2.45) is 5.92 Å². The topological polar surface area (TPSA) is 95.1 Å². The zero-order chi connectivity index (χ0) is 24.8. The summed E-state index contributed by atoms with van der Waals surface area (Å²) in [4.78, 5) is 15.1. The number of piperazine rings is 1. The highest BCUT2D eigenvalue weighted by Gasteiger charge is 2.36. The Kier molecular flexibility index (Phi) is 7.34. The molecule has 33 heavy (non-hydrogen) atoms. The molecule has 0 aromatic heterocycles. The van der Waals surface area contributed by atoms with Gasteiger partial charge >= 0.3 is 0 Å². The highest BCUT2D eigenvalue weighted by atomic mass is 32.2. The molecule has 1 amide bonds. The van der Waals surface area contributed by atoms with E-state index in [0.29, 0.717) is 43.9 Å². The standard InChI is InChI=1S/C23H37N3O5S2/c1-17-15-20(23(3,4)5)16-18(2)21(17)33(30,31)26-13-11-24(12-14-26)22(27)19-7-9-25(10-8-19)32(6,28)29/h15-16,19H,7-14H2,1-6H3. The van der Waals surface area contributed by atoms with Gasteiger partial charge in [-0.3, -0.25) is 4.79 Å². The Hall–Kier alpha value is -1.49. The first-order chi connectivity index (χ1) is 15.1. The largest absolute Gasteiger partial charge is 0.340 e. The second-order valence-corrected chi connectivity index (χ2v) is 14.2. The molecule has 0 aliphatic carbocycles. The Labute approximate surface area is 199 Å². The molecule has 1 aromatic rings. The Bertz CT molecular complexity index is 1080. The molecule has 0 N–H and O–H groups in total. The number of amides is 1. The number of nitrogens with zero attached hydrogens (tertiary/aromatic N) is 3. The van der Waals surface area contributed by atoms with Crippen LogP contribution >= 0.6 is 0 Å². The maximum absolute atomic E-state index is 13.5. The summed E-state index contributed by atoms with van der Waals surface area (Å²) in [6, 6.07) is 3.92. The van der Waals surface area contributed by atoms with Gasteiger partial charge in [-0.15, -0.1) is 0 Å². The van der Waals surface area contributed by atoms with E-state index >= 15 is 0 Å². The summed E-state index contributed by atoms with van der Waals surface area (Å²) in [6.45, 7) is 11.9. The molecule has 10 heteroatoms. The van der Waals surface area contributed by atoms with Gasteiger partial charge in [-0.2, -0.15) is 4.31 Å². The number of piperidine rings is 1. The first-order valence-electron chi connectivity index (χ1n) is 11.5. The molecule has 0 radical (unpaired) electrons. The van der Waals surface area contributed by atoms with Crippen LogP contribution in [0.5, 0.6) is 0 Å². The Morgan fingerprint density at radius 2 is 1.33 bits per heavy atom. The van der Waals surface area contributed by atoms with Crippen molar-refractivity contribution in [2.45, 2.75) is 57.8 Å². The third kappa shape index (κ3) is 5.61. The molecule has 2 fully saturated rings. The van der Waals surface area contributed by atoms with Crippen LogP contribution in [0, 0.1) is 19.8 Å². The van der Waals surface area contributed by atoms with Crippen LogP contribution in [-0.4, -0.2) is 81.8 Å². The maximum atomic E-state index is 13.5. The van der Waals surface area contributed by atoms with Crippen LogP contribution < -0.4 is 0 Å². The van der Waals surface area contributed by atoms with Gasteiger partial charge in [0, 0.05) is 45.2 Å². The van der Waals surface area contributed by atoms with Crippen LogP contribution in [0.25, 0.3) is 0 Å². The summed E-state index contributed by atoms with van der Waals surface area (Å²) in [5.41, 5.74) is 2.53. The number of benzene rings is 1. The fraction of sp³-hybridized carbons (Fsp3) is 0.696. The van der Waals surface area contributed by atoms with Gasteiger partial charge < -0.3 is 4.90 Å². The number of carbonyl (C=O) groups excluding carboxylic acids is 1. The van der Waals surface area contributed by atoms with Gasteiger partial charge in [-0.1, -0.05) is 32.9 Å². The normalized spacial score (nSPS) is 20.2. The van der Waals surface area contributed by atoms with Gasteiger partial charge in [-0.05, 0) is 48.8 Å². The lowest BCUT2D eigenvalue weighted by Crippen LogP contribution is -2.53. The monoisotopic (exact) mass is 499 g/mol. The number of carbonyl (C=O) groups is 1. The van der Waals surface area contributed by atoms with E-state index in [4.69, 9.17) is 0 Å². The second kappa shape index (κ2) is 9.28. The SMILES string of the molecule is Cc1cc(C(C)(C)C)cc(C)c1S(=O)(=O)N1CCN(C(=O)C2CCN(S(C)(=O)=O)CC2)CC1. The van der Waals surface area contributed by atoms with E-state index < -0.39 is 20.0 Å². The molecule has 2 saturated heterocycles. The lowest BCUT2D eigenvalue weighted by molar-refractivity contribution is -0.137. The number of rotatable bonds is 4. The van der Waals surface area contributed by atoms with Gasteiger partial charge in [0.05, 0.1) is 11.2 Å². The highest BCUT2D eigenvalue weighted by molar-refractivity contribution is 7.89. The van der Waals surface area contributed by atoms with E-state index in [9.17, 15) is 21.6 Å². The molecule has 8 nitrogen and oxygen atoms in total. The Balaban J connectivity index is 1.67. The predicted octanol–water partition coefficient (Wildman–Crippen LogP) is 2.11. The summed E-state index contributed by atoms with van der Waals surface area (Å²) in [5, 5.41) is 0. The van der Waals surface area contributed by atoms with Crippen molar-refractivity contribution in [3.63, 3.8) is 0 Å². The molecular formula is C23H37N3O5S2. The quantitative estimate of drug-likeness (QED) is 0.632. The van der Waals surface area contributed by atoms with Gasteiger partial charge in [0.2, 0.25) is 26.0 Å². The molecule has 2 aliphatic heterocycles. The minimum absolute atomic E-state index is 0.00194. The maximum Gasteiger partial charge on any atom is 0.243 e. The zero-order valence-corrected chi connectivity index (χ0v) is 22.2. The third-order valence-electron chi connectivity index (χ3n) is 6.75. The van der Waals surface area contributed by atoms with Crippen molar-refractivity contribution < 1.29 is 21.6 Å². The van der Waals surface area contributed by atoms with Crippen LogP contribution in [0.4, 0.5) is 0 Å². The molecule has 0 saturated carbocycles. The lowest BCUT2D eigenvalue weighted by atomic mass is 9.85. The van der Waals surface area contributed by atoms with Gasteiger partial charge in [0.25, 0.3) is 0 Å². The molecule has 186 valence electrons. The Morgan fingerprint density at radius 3 is 1.76 bits per heavy atom. The fourth-order valence-electron chi connectivity index (χ4n) is 4.76. The van der Waals surface area contributed by atoms with E-state index in [-0.39, 0.29) is 30.3 Å². The Morgan fingerprint density at radius 1 is 0.848 bits per heavy atom. The summed E-state index contributed by atoms with van der Waals surface area (Å²) in [7, 11) is -6.89. The average molecular weight is 500 g/mol. The first kappa shape index (κ1) is 26.1. The molecule has 0 spiro atoms. The van der Waals surface area contributed by atoms with Crippen molar-refractivity contribution >= 4 is 26.0 Å². The fourth-order valence-corrected chi connectivity index (χ4v) is 7.47. The van der Waals surface area contributed by atoms with Crippen LogP contribution in [0.1, 0.15) is 50.3 Å². The summed E-state index contributed by atoms with van der Waals surface area (Å²) >= 11 is 0. The molecule has 0 bridgehead atoms. The van der Waals surface area contributed by atoms with Crippen LogP contribution in [0.3, 0.4) is 0 Å². The zero-order valence-electron chi connectivity index (χ0n) is 20.6. The minimum atomic E-state index is -3.66. The number of aryl methyl sites for hydroxylation is 2. The van der Waals surface area contributed by atoms with E-state index in [1.807, 2.05) is 26.0 Å². The van der Waals surface area contributed by atoms with Crippen LogP contribution in [0.15, 0.2) is 17.0 Å². The second-order valence-electron chi connectivity index (χ2n) is 10.4. The molecular weight excluding hydrogens is 462 g/mol. The number of sulfonamides is 2. The molecule has 2 aliphatic rings. The van der Waals surface area contributed by atoms with Gasteiger partial charge in [0.1, 0.15) is 0 Å². The third-order valence-corrected chi connectivity index (χ3v) is 10.3. The predicted molar refractivity (Wildman–Crippen MR) is 129 cm³/mol. The van der Waals surface area contributed by atoms with Gasteiger partial charge in [0.15, 0.2) is 0 Å². The molecule has 0 unspecified atom stereocenters. The van der Waals surface area contributed by atoms with Crippen molar-refractivity contribution in [1.29, 1.82) is 0 Å². The minimum Gasteiger partial charge on any atom is -0.340 e. The van der Waals surface area contributed by atoms with E-state index in [2.05, 4.69) is 20.8 Å². The number of hydrogen-bond acceptors (Lipinski definition) is 5. The van der Waals surface area contributed by atoms with E-state index in [1.165, 1.54) is 14.9 Å². The number of hydrogen-bond donors (Lipinski definition) is 0. The van der Waals surface area contributed by atoms with E-state index in [0.717, 1.165) is 16.7 Å². The summed E-state index contributed by atoms with van der Waals surface area (Å²) in [5.74, 6) is -0.206. The van der Waals surface area contributed by atoms with Crippen molar-refractivity contribution in [3.05, 3.63) is 28.8 Å². The van der Waals surface area contributed by atoms with Crippen molar-refractivity contribution in [2.75, 3.05) is 45.5 Å². The van der Waals surface area contributed by atoms with E-state index in [1.54, 1.807) is 4.90 Å². The van der Waals surface area contributed by atoms with Crippen LogP contribution in [0.2, 0.25) is 0 Å². The summed E-state index contributed by atoms with van der Waals surface area (Å²) in [6.07, 6.45) is 2.20. The highest BCUT2D eigenvalue weighted by Crippen LogP contribution is 2.31. The molecule has 3 rings (SSSR count). The van der Waals surface area contributed by atoms with Crippen molar-refractivity contribution in [3.8, 4) is 0 Å². The van der Waals surface area contributed by atoms with Crippen molar-refractivity contribution in [1.82, 2.24) is 13.5 Å². The smallest absolute Gasteiger partial charge is 0.243 e. The molecule has 2 heterocycles. The molecule has 0 atom stereocenters. The lowest BCUT2D eigenvalue weighted by Gasteiger charge is -2.38. The molecule has 1 aromatic carbocycles. The summed E-state index contributed by atoms with van der Waals surface area (Å²) < 4.78 is 53.2. The average Bonchev–Trinajstić information content (AvgIpc) is 2.71. The van der Waals surface area contributed by atoms with Crippen LogP contribution in [-0.2, 0) is 30.3 Å². The first-order valence-corrected chi connectivity index (χ1v) is 14.8.